The van der Waals surface area contributed by atoms with Crippen LogP contribution < -0.4 is 5.32 Å². The third-order valence-electron chi connectivity index (χ3n) is 4.53. The van der Waals surface area contributed by atoms with Gasteiger partial charge >= 0.3 is 0 Å². The lowest BCUT2D eigenvalue weighted by atomic mass is 9.95. The van der Waals surface area contributed by atoms with Gasteiger partial charge in [0.15, 0.2) is 0 Å². The van der Waals surface area contributed by atoms with Crippen LogP contribution in [0.1, 0.15) is 18.4 Å². The number of benzene rings is 2. The average molecular weight is 407 g/mol. The zero-order valence-corrected chi connectivity index (χ0v) is 15.3. The van der Waals surface area contributed by atoms with Gasteiger partial charge in [-0.1, -0.05) is 34.1 Å². The first-order valence-corrected chi connectivity index (χ1v) is 9.07. The minimum atomic E-state index is -0.254. The Hall–Kier alpha value is -1.92. The number of phenols is 1. The van der Waals surface area contributed by atoms with Gasteiger partial charge in [-0.2, -0.15) is 0 Å². The summed E-state index contributed by atoms with van der Waals surface area (Å²) in [4.78, 5) is 14.7. The molecule has 132 valence electrons. The van der Waals surface area contributed by atoms with E-state index in [0.717, 1.165) is 42.5 Å². The Bertz CT molecular complexity index is 761. The number of nitrogens with zero attached hydrogens (tertiary/aromatic N) is 1. The Kier molecular flexibility index (Phi) is 5.71. The number of para-hydroxylation sites is 2. The quantitative estimate of drug-likeness (QED) is 0.749. The van der Waals surface area contributed by atoms with E-state index >= 15 is 0 Å². The second-order valence-corrected chi connectivity index (χ2v) is 7.15. The number of likely N-dealkylation sites (tertiary alicyclic amines) is 1. The highest BCUT2D eigenvalue weighted by Crippen LogP contribution is 2.26. The van der Waals surface area contributed by atoms with Crippen LogP contribution in [0.2, 0.25) is 0 Å². The Morgan fingerprint density at radius 1 is 1.24 bits per heavy atom. The maximum Gasteiger partial charge on any atom is 0.227 e. The number of anilines is 1. The molecule has 1 saturated heterocycles. The second kappa shape index (κ2) is 7.97. The summed E-state index contributed by atoms with van der Waals surface area (Å²) in [5, 5.41) is 12.6. The normalized spacial score (nSPS) is 15.9. The van der Waals surface area contributed by atoms with Crippen LogP contribution in [0.25, 0.3) is 0 Å². The molecule has 0 atom stereocenters. The van der Waals surface area contributed by atoms with Crippen LogP contribution >= 0.6 is 15.9 Å². The highest BCUT2D eigenvalue weighted by Gasteiger charge is 2.25. The number of carbonyl (C=O) groups excluding carboxylic acids is 1. The molecule has 4 nitrogen and oxygen atoms in total. The van der Waals surface area contributed by atoms with E-state index in [2.05, 4.69) is 26.1 Å². The lowest BCUT2D eigenvalue weighted by molar-refractivity contribution is -0.121. The zero-order chi connectivity index (χ0) is 17.8. The summed E-state index contributed by atoms with van der Waals surface area (Å²) in [6.07, 6.45) is 1.52. The van der Waals surface area contributed by atoms with Gasteiger partial charge in [0, 0.05) is 16.9 Å². The van der Waals surface area contributed by atoms with Crippen molar-refractivity contribution in [3.63, 3.8) is 0 Å². The van der Waals surface area contributed by atoms with Gasteiger partial charge in [0.2, 0.25) is 5.91 Å². The molecule has 2 aromatic rings. The summed E-state index contributed by atoms with van der Waals surface area (Å²) in [5.41, 5.74) is 1.49. The van der Waals surface area contributed by atoms with Gasteiger partial charge in [0.05, 0.1) is 5.69 Å². The number of nitrogens with one attached hydrogen (secondary N) is 1. The lowest BCUT2D eigenvalue weighted by Gasteiger charge is -2.31. The summed E-state index contributed by atoms with van der Waals surface area (Å²) >= 11 is 3.40. The molecule has 0 aromatic heterocycles. The Morgan fingerprint density at radius 2 is 1.96 bits per heavy atom. The molecule has 0 spiro atoms. The number of halogens is 2. The topological polar surface area (TPSA) is 52.6 Å². The number of phenolic OH excluding ortho intramolecular Hbond substituents is 1. The molecule has 1 heterocycles. The molecule has 0 bridgehead atoms. The molecule has 0 saturated carbocycles. The molecule has 25 heavy (non-hydrogen) atoms. The third kappa shape index (κ3) is 4.58. The van der Waals surface area contributed by atoms with Crippen molar-refractivity contribution in [2.75, 3.05) is 18.4 Å². The molecule has 1 fully saturated rings. The van der Waals surface area contributed by atoms with E-state index in [-0.39, 0.29) is 23.4 Å². The number of rotatable bonds is 4. The van der Waals surface area contributed by atoms with Crippen LogP contribution in [0.3, 0.4) is 0 Å². The predicted octanol–water partition coefficient (Wildman–Crippen LogP) is 4.14. The van der Waals surface area contributed by atoms with Crippen molar-refractivity contribution in [1.29, 1.82) is 0 Å². The molecule has 1 aliphatic rings. The summed E-state index contributed by atoms with van der Waals surface area (Å²) < 4.78 is 13.9. The van der Waals surface area contributed by atoms with Crippen molar-refractivity contribution in [3.8, 4) is 5.75 Å². The fourth-order valence-corrected chi connectivity index (χ4v) is 3.53. The lowest BCUT2D eigenvalue weighted by Crippen LogP contribution is -2.37. The van der Waals surface area contributed by atoms with Crippen LogP contribution in [0, 0.1) is 11.7 Å². The minimum absolute atomic E-state index is 0.0517. The number of piperidine rings is 1. The van der Waals surface area contributed by atoms with Gasteiger partial charge in [-0.25, -0.2) is 4.39 Å². The number of carbonyl (C=O) groups is 1. The van der Waals surface area contributed by atoms with Crippen LogP contribution in [-0.4, -0.2) is 29.0 Å². The molecule has 3 rings (SSSR count). The largest absolute Gasteiger partial charge is 0.506 e. The third-order valence-corrected chi connectivity index (χ3v) is 5.27. The van der Waals surface area contributed by atoms with E-state index in [4.69, 9.17) is 0 Å². The Morgan fingerprint density at radius 3 is 2.64 bits per heavy atom. The van der Waals surface area contributed by atoms with E-state index in [0.29, 0.717) is 5.69 Å². The van der Waals surface area contributed by atoms with Crippen molar-refractivity contribution in [2.24, 2.45) is 5.92 Å². The number of amides is 1. The maximum absolute atomic E-state index is 13.2. The molecule has 1 amide bonds. The average Bonchev–Trinajstić information content (AvgIpc) is 2.60. The van der Waals surface area contributed by atoms with E-state index < -0.39 is 0 Å². The van der Waals surface area contributed by atoms with Crippen LogP contribution in [0.15, 0.2) is 46.9 Å². The molecular weight excluding hydrogens is 387 g/mol. The van der Waals surface area contributed by atoms with E-state index in [1.165, 1.54) is 12.1 Å². The molecule has 1 aliphatic heterocycles. The van der Waals surface area contributed by atoms with Crippen molar-refractivity contribution < 1.29 is 14.3 Å². The highest BCUT2D eigenvalue weighted by molar-refractivity contribution is 9.10. The van der Waals surface area contributed by atoms with Gasteiger partial charge in [0.25, 0.3) is 0 Å². The second-order valence-electron chi connectivity index (χ2n) is 6.29. The SMILES string of the molecule is O=C(Nc1ccccc1O)C1CCN(Cc2ccc(F)cc2Br)CC1. The highest BCUT2D eigenvalue weighted by atomic mass is 79.9. The van der Waals surface area contributed by atoms with Crippen LogP contribution in [0.5, 0.6) is 5.75 Å². The summed E-state index contributed by atoms with van der Waals surface area (Å²) in [6, 6.07) is 11.5. The maximum atomic E-state index is 13.2. The van der Waals surface area contributed by atoms with Crippen molar-refractivity contribution in [3.05, 3.63) is 58.3 Å². The molecule has 2 aromatic carbocycles. The molecule has 6 heteroatoms. The molecular formula is C19H20BrFN2O2. The standard InChI is InChI=1S/C19H20BrFN2O2/c20-16-11-15(21)6-5-14(16)12-23-9-7-13(8-10-23)19(25)22-17-3-1-2-4-18(17)24/h1-6,11,13,24H,7-10,12H2,(H,22,25). The van der Waals surface area contributed by atoms with Crippen LogP contribution in [0.4, 0.5) is 10.1 Å². The van der Waals surface area contributed by atoms with E-state index in [1.807, 2.05) is 0 Å². The summed E-state index contributed by atoms with van der Waals surface area (Å²) in [7, 11) is 0. The number of hydrogen-bond donors (Lipinski definition) is 2. The molecule has 2 N–H and O–H groups in total. The predicted molar refractivity (Wildman–Crippen MR) is 98.8 cm³/mol. The molecule has 0 radical (unpaired) electrons. The zero-order valence-electron chi connectivity index (χ0n) is 13.7. The Labute approximate surface area is 154 Å². The molecule has 0 aliphatic carbocycles. The van der Waals surface area contributed by atoms with E-state index in [1.54, 1.807) is 30.3 Å². The smallest absolute Gasteiger partial charge is 0.227 e. The first-order chi connectivity index (χ1) is 12.0. The van der Waals surface area contributed by atoms with Crippen molar-refractivity contribution in [2.45, 2.75) is 19.4 Å². The first kappa shape index (κ1) is 17.9. The fourth-order valence-electron chi connectivity index (χ4n) is 3.06. The summed E-state index contributed by atoms with van der Waals surface area (Å²) in [6.45, 7) is 2.35. The minimum Gasteiger partial charge on any atom is -0.506 e. The number of aromatic hydroxyl groups is 1. The monoisotopic (exact) mass is 406 g/mol. The summed E-state index contributed by atoms with van der Waals surface area (Å²) in [5.74, 6) is -0.291. The van der Waals surface area contributed by atoms with Gasteiger partial charge in [0.1, 0.15) is 11.6 Å². The number of hydrogen-bond acceptors (Lipinski definition) is 3. The van der Waals surface area contributed by atoms with Gasteiger partial charge in [-0.05, 0) is 55.8 Å². The van der Waals surface area contributed by atoms with Crippen LogP contribution in [-0.2, 0) is 11.3 Å². The first-order valence-electron chi connectivity index (χ1n) is 8.28. The molecule has 0 unspecified atom stereocenters. The van der Waals surface area contributed by atoms with Gasteiger partial charge < -0.3 is 10.4 Å². The van der Waals surface area contributed by atoms with Gasteiger partial charge in [-0.15, -0.1) is 0 Å². The van der Waals surface area contributed by atoms with Gasteiger partial charge in [-0.3, -0.25) is 9.69 Å². The Balaban J connectivity index is 1.53. The van der Waals surface area contributed by atoms with E-state index in [9.17, 15) is 14.3 Å². The van der Waals surface area contributed by atoms with Crippen molar-refractivity contribution in [1.82, 2.24) is 4.90 Å². The fraction of sp³-hybridized carbons (Fsp3) is 0.316. The van der Waals surface area contributed by atoms with Crippen molar-refractivity contribution >= 4 is 27.5 Å².